The van der Waals surface area contributed by atoms with E-state index in [1.54, 1.807) is 0 Å². The minimum atomic E-state index is -0.834. The van der Waals surface area contributed by atoms with Crippen LogP contribution in [0.4, 0.5) is 4.39 Å². The summed E-state index contributed by atoms with van der Waals surface area (Å²) in [6.45, 7) is 0. The first-order valence-corrected chi connectivity index (χ1v) is 6.83. The average Bonchev–Trinajstić information content (AvgIpc) is 2.97. The van der Waals surface area contributed by atoms with Gasteiger partial charge in [-0.1, -0.05) is 18.0 Å². The van der Waals surface area contributed by atoms with Crippen LogP contribution in [0.3, 0.4) is 0 Å². The van der Waals surface area contributed by atoms with E-state index in [1.165, 1.54) is 12.1 Å². The van der Waals surface area contributed by atoms with Crippen LogP contribution in [-0.4, -0.2) is 26.2 Å². The molecule has 7 heteroatoms. The molecule has 2 unspecified atom stereocenters. The first kappa shape index (κ1) is 13.7. The van der Waals surface area contributed by atoms with Crippen LogP contribution in [0.1, 0.15) is 37.5 Å². The summed E-state index contributed by atoms with van der Waals surface area (Å²) in [5.74, 6) is -1.46. The molecule has 0 aliphatic heterocycles. The fourth-order valence-corrected chi connectivity index (χ4v) is 2.72. The number of aliphatic carboxylic acids is 1. The third-order valence-corrected chi connectivity index (χ3v) is 3.80. The van der Waals surface area contributed by atoms with Crippen molar-refractivity contribution in [1.29, 1.82) is 0 Å². The molecule has 1 N–H and O–H groups in total. The monoisotopic (exact) mass is 291 g/mol. The fourth-order valence-electron chi connectivity index (χ4n) is 2.72. The Labute approximate surface area is 120 Å². The molecule has 0 amide bonds. The van der Waals surface area contributed by atoms with E-state index >= 15 is 0 Å². The Morgan fingerprint density at radius 1 is 1.33 bits per heavy atom. The van der Waals surface area contributed by atoms with Gasteiger partial charge in [0.1, 0.15) is 11.5 Å². The SMILES string of the molecule is O=C(O)C1CCCCC1c1nc(-c2ccc(F)cn2)no1. The summed E-state index contributed by atoms with van der Waals surface area (Å²) in [6, 6.07) is 2.72. The number of rotatable bonds is 3. The minimum Gasteiger partial charge on any atom is -0.481 e. The first-order valence-electron chi connectivity index (χ1n) is 6.83. The smallest absolute Gasteiger partial charge is 0.307 e. The number of hydrogen-bond donors (Lipinski definition) is 1. The lowest BCUT2D eigenvalue weighted by molar-refractivity contribution is -0.143. The number of hydrogen-bond acceptors (Lipinski definition) is 5. The zero-order chi connectivity index (χ0) is 14.8. The average molecular weight is 291 g/mol. The van der Waals surface area contributed by atoms with Gasteiger partial charge in [-0.05, 0) is 25.0 Å². The van der Waals surface area contributed by atoms with Crippen molar-refractivity contribution in [3.63, 3.8) is 0 Å². The van der Waals surface area contributed by atoms with Crippen molar-refractivity contribution < 1.29 is 18.8 Å². The maximum Gasteiger partial charge on any atom is 0.307 e. The van der Waals surface area contributed by atoms with Crippen LogP contribution in [0, 0.1) is 11.7 Å². The zero-order valence-corrected chi connectivity index (χ0v) is 11.2. The molecule has 1 fully saturated rings. The van der Waals surface area contributed by atoms with Gasteiger partial charge in [0, 0.05) is 0 Å². The van der Waals surface area contributed by atoms with Crippen LogP contribution in [-0.2, 0) is 4.79 Å². The van der Waals surface area contributed by atoms with Gasteiger partial charge in [0.2, 0.25) is 11.7 Å². The van der Waals surface area contributed by atoms with E-state index < -0.39 is 17.7 Å². The van der Waals surface area contributed by atoms with E-state index in [9.17, 15) is 14.3 Å². The van der Waals surface area contributed by atoms with Crippen molar-refractivity contribution >= 4 is 5.97 Å². The predicted molar refractivity (Wildman–Crippen MR) is 69.8 cm³/mol. The second-order valence-electron chi connectivity index (χ2n) is 5.15. The standard InChI is InChI=1S/C14H14FN3O3/c15-8-5-6-11(16-7-8)12-17-13(21-18-12)9-3-1-2-4-10(9)14(19)20/h5-7,9-10H,1-4H2,(H,19,20). The lowest BCUT2D eigenvalue weighted by Gasteiger charge is -2.25. The number of nitrogens with zero attached hydrogens (tertiary/aromatic N) is 3. The Kier molecular flexibility index (Phi) is 3.64. The van der Waals surface area contributed by atoms with Gasteiger partial charge in [0.05, 0.1) is 18.0 Å². The zero-order valence-electron chi connectivity index (χ0n) is 11.2. The van der Waals surface area contributed by atoms with Gasteiger partial charge in [-0.15, -0.1) is 0 Å². The van der Waals surface area contributed by atoms with E-state index in [4.69, 9.17) is 4.52 Å². The molecule has 2 aromatic rings. The summed E-state index contributed by atoms with van der Waals surface area (Å²) in [5, 5.41) is 13.1. The second-order valence-corrected chi connectivity index (χ2v) is 5.15. The summed E-state index contributed by atoms with van der Waals surface area (Å²) in [6.07, 6.45) is 4.25. The summed E-state index contributed by atoms with van der Waals surface area (Å²) < 4.78 is 18.1. The van der Waals surface area contributed by atoms with Gasteiger partial charge >= 0.3 is 5.97 Å². The number of carbonyl (C=O) groups is 1. The molecule has 0 spiro atoms. The van der Waals surface area contributed by atoms with Crippen molar-refractivity contribution in [1.82, 2.24) is 15.1 Å². The van der Waals surface area contributed by atoms with Crippen LogP contribution in [0.25, 0.3) is 11.5 Å². The predicted octanol–water partition coefficient (Wildman–Crippen LogP) is 2.63. The van der Waals surface area contributed by atoms with Crippen molar-refractivity contribution in [3.05, 3.63) is 30.0 Å². The van der Waals surface area contributed by atoms with Gasteiger partial charge in [0.25, 0.3) is 0 Å². The van der Waals surface area contributed by atoms with E-state index in [2.05, 4.69) is 15.1 Å². The highest BCUT2D eigenvalue weighted by Crippen LogP contribution is 2.37. The van der Waals surface area contributed by atoms with Crippen molar-refractivity contribution in [3.8, 4) is 11.5 Å². The van der Waals surface area contributed by atoms with Crippen molar-refractivity contribution in [2.45, 2.75) is 31.6 Å². The Bertz CT molecular complexity index is 641. The van der Waals surface area contributed by atoms with E-state index in [-0.39, 0.29) is 11.7 Å². The van der Waals surface area contributed by atoms with Crippen molar-refractivity contribution in [2.24, 2.45) is 5.92 Å². The number of carboxylic acids is 1. The highest BCUT2D eigenvalue weighted by atomic mass is 19.1. The third-order valence-electron chi connectivity index (χ3n) is 3.80. The van der Waals surface area contributed by atoms with Crippen LogP contribution >= 0.6 is 0 Å². The normalized spacial score (nSPS) is 22.1. The number of halogens is 1. The Morgan fingerprint density at radius 3 is 2.86 bits per heavy atom. The molecule has 2 aromatic heterocycles. The Balaban J connectivity index is 1.86. The third kappa shape index (κ3) is 2.76. The fraction of sp³-hybridized carbons (Fsp3) is 0.429. The molecule has 6 nitrogen and oxygen atoms in total. The van der Waals surface area contributed by atoms with Crippen molar-refractivity contribution in [2.75, 3.05) is 0 Å². The molecule has 0 aromatic carbocycles. The van der Waals surface area contributed by atoms with Gasteiger partial charge < -0.3 is 9.63 Å². The van der Waals surface area contributed by atoms with Gasteiger partial charge in [0.15, 0.2) is 0 Å². The molecular formula is C14H14FN3O3. The Morgan fingerprint density at radius 2 is 2.14 bits per heavy atom. The molecule has 3 rings (SSSR count). The molecule has 0 saturated heterocycles. The van der Waals surface area contributed by atoms with E-state index in [1.807, 2.05) is 0 Å². The van der Waals surface area contributed by atoms with Gasteiger partial charge in [-0.25, -0.2) is 9.37 Å². The number of aromatic nitrogens is 3. The summed E-state index contributed by atoms with van der Waals surface area (Å²) in [7, 11) is 0. The molecule has 2 heterocycles. The number of pyridine rings is 1. The van der Waals surface area contributed by atoms with E-state index in [0.29, 0.717) is 18.0 Å². The lowest BCUT2D eigenvalue weighted by Crippen LogP contribution is -2.25. The molecule has 0 radical (unpaired) electrons. The quantitative estimate of drug-likeness (QED) is 0.935. The Hall–Kier alpha value is -2.31. The van der Waals surface area contributed by atoms with Crippen LogP contribution in [0.15, 0.2) is 22.9 Å². The highest BCUT2D eigenvalue weighted by Gasteiger charge is 2.35. The highest BCUT2D eigenvalue weighted by molar-refractivity contribution is 5.71. The molecular weight excluding hydrogens is 277 g/mol. The van der Waals surface area contributed by atoms with Crippen LogP contribution in [0.5, 0.6) is 0 Å². The maximum absolute atomic E-state index is 12.8. The second kappa shape index (κ2) is 5.59. The molecule has 1 aliphatic carbocycles. The topological polar surface area (TPSA) is 89.1 Å². The van der Waals surface area contributed by atoms with E-state index in [0.717, 1.165) is 25.5 Å². The van der Waals surface area contributed by atoms with Crippen LogP contribution in [0.2, 0.25) is 0 Å². The minimum absolute atomic E-state index is 0.250. The van der Waals surface area contributed by atoms with Gasteiger partial charge in [-0.2, -0.15) is 4.98 Å². The lowest BCUT2D eigenvalue weighted by atomic mass is 9.79. The maximum atomic E-state index is 12.8. The molecule has 21 heavy (non-hydrogen) atoms. The summed E-state index contributed by atoms with van der Waals surface area (Å²) in [5.41, 5.74) is 0.397. The molecule has 1 aliphatic rings. The van der Waals surface area contributed by atoms with Gasteiger partial charge in [-0.3, -0.25) is 4.79 Å². The summed E-state index contributed by atoms with van der Waals surface area (Å²) in [4.78, 5) is 19.4. The molecule has 0 bridgehead atoms. The molecule has 110 valence electrons. The summed E-state index contributed by atoms with van der Waals surface area (Å²) >= 11 is 0. The van der Waals surface area contributed by atoms with Crippen LogP contribution < -0.4 is 0 Å². The first-order chi connectivity index (χ1) is 10.1. The molecule has 1 saturated carbocycles. The number of carboxylic acid groups (broad SMARTS) is 1. The molecule has 2 atom stereocenters. The largest absolute Gasteiger partial charge is 0.481 e.